The number of unbranched alkanes of at least 4 members (excludes halogenated alkanes) is 1. The largest absolute Gasteiger partial charge is 0.480 e. The van der Waals surface area contributed by atoms with Crippen molar-refractivity contribution in [2.24, 2.45) is 0 Å². The molecule has 162 valence electrons. The highest BCUT2D eigenvalue weighted by molar-refractivity contribution is 7.89. The van der Waals surface area contributed by atoms with E-state index in [1.165, 1.54) is 12.1 Å². The van der Waals surface area contributed by atoms with Gasteiger partial charge in [0.25, 0.3) is 5.69 Å². The molecule has 0 spiro atoms. The molecule has 1 rings (SSSR count). The van der Waals surface area contributed by atoms with Gasteiger partial charge in [-0.25, -0.2) is 22.7 Å². The van der Waals surface area contributed by atoms with Crippen molar-refractivity contribution in [3.63, 3.8) is 0 Å². The molecule has 0 aliphatic heterocycles. The number of hydrogen-bond donors (Lipinski definition) is 3. The van der Waals surface area contributed by atoms with E-state index in [9.17, 15) is 33.2 Å². The number of carboxylic acids is 1. The van der Waals surface area contributed by atoms with Gasteiger partial charge in [-0.15, -0.1) is 0 Å². The number of para-hydroxylation sites is 1. The van der Waals surface area contributed by atoms with Crippen LogP contribution in [0.4, 0.5) is 10.5 Å². The van der Waals surface area contributed by atoms with Gasteiger partial charge in [-0.3, -0.25) is 10.1 Å². The molecule has 0 aliphatic rings. The predicted octanol–water partition coefficient (Wildman–Crippen LogP) is 2.02. The molecule has 12 heteroatoms. The van der Waals surface area contributed by atoms with E-state index < -0.39 is 49.2 Å². The fraction of sp³-hybridized carbons (Fsp3) is 0.529. The molecule has 0 aliphatic carbocycles. The first-order valence-electron chi connectivity index (χ1n) is 8.79. The van der Waals surface area contributed by atoms with Gasteiger partial charge < -0.3 is 15.2 Å². The molecule has 11 nitrogen and oxygen atoms in total. The normalized spacial score (nSPS) is 12.8. The number of alkyl carbamates (subject to hydrolysis) is 1. The van der Waals surface area contributed by atoms with E-state index in [0.29, 0.717) is 0 Å². The van der Waals surface area contributed by atoms with Crippen LogP contribution >= 0.6 is 0 Å². The third kappa shape index (κ3) is 8.44. The van der Waals surface area contributed by atoms with Crippen LogP contribution in [0, 0.1) is 10.1 Å². The minimum atomic E-state index is -4.09. The summed E-state index contributed by atoms with van der Waals surface area (Å²) >= 11 is 0. The van der Waals surface area contributed by atoms with Gasteiger partial charge in [0.15, 0.2) is 4.90 Å². The van der Waals surface area contributed by atoms with Crippen LogP contribution in [-0.4, -0.2) is 48.7 Å². The molecule has 0 fully saturated rings. The number of rotatable bonds is 10. The fourth-order valence-electron chi connectivity index (χ4n) is 2.30. The SMILES string of the molecule is CC(C)(C)OC(=O)NC(CCCCNS(=O)(=O)c1ccccc1[N+](=O)[O-])C(=O)O. The Morgan fingerprint density at radius 2 is 1.86 bits per heavy atom. The van der Waals surface area contributed by atoms with Crippen molar-refractivity contribution in [3.05, 3.63) is 34.4 Å². The van der Waals surface area contributed by atoms with E-state index in [-0.39, 0.29) is 25.8 Å². The summed E-state index contributed by atoms with van der Waals surface area (Å²) in [7, 11) is -4.09. The number of ether oxygens (including phenoxy) is 1. The highest BCUT2D eigenvalue weighted by Crippen LogP contribution is 2.22. The van der Waals surface area contributed by atoms with Gasteiger partial charge >= 0.3 is 12.1 Å². The van der Waals surface area contributed by atoms with Crippen molar-refractivity contribution < 1.29 is 32.8 Å². The van der Waals surface area contributed by atoms with Crippen molar-refractivity contribution in [2.75, 3.05) is 6.54 Å². The molecule has 0 radical (unpaired) electrons. The number of nitro benzene ring substituents is 1. The first-order chi connectivity index (χ1) is 13.3. The van der Waals surface area contributed by atoms with E-state index in [4.69, 9.17) is 4.74 Å². The van der Waals surface area contributed by atoms with Gasteiger partial charge in [0.1, 0.15) is 11.6 Å². The number of sulfonamides is 1. The number of carbonyl (C=O) groups excluding carboxylic acids is 1. The lowest BCUT2D eigenvalue weighted by Crippen LogP contribution is -2.43. The monoisotopic (exact) mass is 431 g/mol. The van der Waals surface area contributed by atoms with Crippen LogP contribution in [0.15, 0.2) is 29.2 Å². The maximum absolute atomic E-state index is 12.3. The summed E-state index contributed by atoms with van der Waals surface area (Å²) in [6.07, 6.45) is -0.255. The molecular weight excluding hydrogens is 406 g/mol. The van der Waals surface area contributed by atoms with Gasteiger partial charge in [-0.1, -0.05) is 12.1 Å². The van der Waals surface area contributed by atoms with Gasteiger partial charge in [-0.2, -0.15) is 0 Å². The van der Waals surface area contributed by atoms with Crippen LogP contribution < -0.4 is 10.0 Å². The Morgan fingerprint density at radius 1 is 1.24 bits per heavy atom. The fourth-order valence-corrected chi connectivity index (χ4v) is 3.54. The Morgan fingerprint density at radius 3 is 2.41 bits per heavy atom. The molecule has 1 atom stereocenters. The van der Waals surface area contributed by atoms with Gasteiger partial charge in [-0.05, 0) is 46.1 Å². The zero-order valence-corrected chi connectivity index (χ0v) is 17.2. The number of carboxylic acid groups (broad SMARTS) is 1. The van der Waals surface area contributed by atoms with E-state index >= 15 is 0 Å². The van der Waals surface area contributed by atoms with E-state index in [1.807, 2.05) is 0 Å². The first-order valence-corrected chi connectivity index (χ1v) is 10.3. The summed E-state index contributed by atoms with van der Waals surface area (Å²) in [5.41, 5.74) is -1.31. The van der Waals surface area contributed by atoms with Crippen LogP contribution in [0.25, 0.3) is 0 Å². The lowest BCUT2D eigenvalue weighted by molar-refractivity contribution is -0.387. The van der Waals surface area contributed by atoms with Crippen LogP contribution in [0.3, 0.4) is 0 Å². The van der Waals surface area contributed by atoms with Crippen molar-refractivity contribution in [2.45, 2.75) is 56.6 Å². The molecule has 1 aromatic rings. The summed E-state index contributed by atoms with van der Waals surface area (Å²) in [6.45, 7) is 4.88. The Labute approximate surface area is 168 Å². The lowest BCUT2D eigenvalue weighted by Gasteiger charge is -2.22. The topological polar surface area (TPSA) is 165 Å². The summed E-state index contributed by atoms with van der Waals surface area (Å²) in [5.74, 6) is -1.24. The quantitative estimate of drug-likeness (QED) is 0.287. The minimum absolute atomic E-state index is 0.0485. The van der Waals surface area contributed by atoms with Crippen LogP contribution in [0.1, 0.15) is 40.0 Å². The lowest BCUT2D eigenvalue weighted by atomic mass is 10.1. The number of nitrogens with zero attached hydrogens (tertiary/aromatic N) is 1. The van der Waals surface area contributed by atoms with Crippen LogP contribution in [0.5, 0.6) is 0 Å². The summed E-state index contributed by atoms with van der Waals surface area (Å²) in [4.78, 5) is 32.7. The van der Waals surface area contributed by atoms with Crippen LogP contribution in [0.2, 0.25) is 0 Å². The highest BCUT2D eigenvalue weighted by Gasteiger charge is 2.25. The molecule has 0 aromatic heterocycles. The number of nitrogens with one attached hydrogen (secondary N) is 2. The standard InChI is InChI=1S/C17H25N3O8S/c1-17(2,3)28-16(23)19-12(15(21)22)8-6-7-11-18-29(26,27)14-10-5-4-9-13(14)20(24)25/h4-5,9-10,12,18H,6-8,11H2,1-3H3,(H,19,23)(H,21,22). The van der Waals surface area contributed by atoms with Crippen LogP contribution in [-0.2, 0) is 19.6 Å². The number of aliphatic carboxylic acids is 1. The van der Waals surface area contributed by atoms with E-state index in [0.717, 1.165) is 12.1 Å². The summed E-state index contributed by atoms with van der Waals surface area (Å²) < 4.78 is 31.8. The molecule has 29 heavy (non-hydrogen) atoms. The number of benzene rings is 1. The Hall–Kier alpha value is -2.73. The van der Waals surface area contributed by atoms with Crippen molar-refractivity contribution in [3.8, 4) is 0 Å². The number of hydrogen-bond acceptors (Lipinski definition) is 7. The first kappa shape index (κ1) is 24.3. The molecule has 0 saturated carbocycles. The average molecular weight is 431 g/mol. The van der Waals surface area contributed by atoms with Gasteiger partial charge in [0, 0.05) is 12.6 Å². The molecular formula is C17H25N3O8S. The summed E-state index contributed by atoms with van der Waals surface area (Å²) in [6, 6.07) is 3.78. The second kappa shape index (κ2) is 10.2. The molecule has 1 unspecified atom stereocenters. The second-order valence-electron chi connectivity index (χ2n) is 7.16. The second-order valence-corrected chi connectivity index (χ2v) is 8.89. The highest BCUT2D eigenvalue weighted by atomic mass is 32.2. The molecule has 1 amide bonds. The Balaban J connectivity index is 2.55. The van der Waals surface area contributed by atoms with Crippen molar-refractivity contribution in [1.82, 2.24) is 10.0 Å². The van der Waals surface area contributed by atoms with Gasteiger partial charge in [0.2, 0.25) is 10.0 Å². The minimum Gasteiger partial charge on any atom is -0.480 e. The van der Waals surface area contributed by atoms with E-state index in [1.54, 1.807) is 20.8 Å². The summed E-state index contributed by atoms with van der Waals surface area (Å²) in [5, 5.41) is 22.4. The van der Waals surface area contributed by atoms with E-state index in [2.05, 4.69) is 10.0 Å². The Bertz CT molecular complexity index is 848. The zero-order chi connectivity index (χ0) is 22.2. The maximum Gasteiger partial charge on any atom is 0.408 e. The smallest absolute Gasteiger partial charge is 0.408 e. The Kier molecular flexibility index (Phi) is 8.52. The maximum atomic E-state index is 12.3. The average Bonchev–Trinajstić information content (AvgIpc) is 2.58. The molecule has 0 saturated heterocycles. The molecule has 0 heterocycles. The number of nitro groups is 1. The molecule has 1 aromatic carbocycles. The number of carbonyl (C=O) groups is 2. The van der Waals surface area contributed by atoms with Crippen molar-refractivity contribution in [1.29, 1.82) is 0 Å². The van der Waals surface area contributed by atoms with Gasteiger partial charge in [0.05, 0.1) is 4.92 Å². The third-order valence-electron chi connectivity index (χ3n) is 3.55. The molecule has 0 bridgehead atoms. The molecule has 3 N–H and O–H groups in total. The predicted molar refractivity (Wildman–Crippen MR) is 103 cm³/mol. The number of amides is 1. The third-order valence-corrected chi connectivity index (χ3v) is 5.06. The zero-order valence-electron chi connectivity index (χ0n) is 16.4. The van der Waals surface area contributed by atoms with Crippen molar-refractivity contribution >= 4 is 27.8 Å².